The first-order valence-electron chi connectivity index (χ1n) is 6.84. The van der Waals surface area contributed by atoms with E-state index in [4.69, 9.17) is 9.52 Å². The summed E-state index contributed by atoms with van der Waals surface area (Å²) >= 11 is 0. The van der Waals surface area contributed by atoms with E-state index in [2.05, 4.69) is 5.32 Å². The van der Waals surface area contributed by atoms with E-state index in [0.29, 0.717) is 0 Å². The van der Waals surface area contributed by atoms with Gasteiger partial charge in [0.05, 0.1) is 12.1 Å². The minimum atomic E-state index is -1.11. The molecule has 0 spiro atoms. The van der Waals surface area contributed by atoms with Crippen LogP contribution in [-0.2, 0) is 4.79 Å². The van der Waals surface area contributed by atoms with Gasteiger partial charge in [-0.15, -0.1) is 0 Å². The van der Waals surface area contributed by atoms with Crippen LogP contribution < -0.4 is 5.32 Å². The Morgan fingerprint density at radius 2 is 2.14 bits per heavy atom. The van der Waals surface area contributed by atoms with Crippen LogP contribution in [0.4, 0.5) is 4.79 Å². The number of carbonyl (C=O) groups excluding carboxylic acids is 1. The van der Waals surface area contributed by atoms with Crippen LogP contribution >= 0.6 is 0 Å². The summed E-state index contributed by atoms with van der Waals surface area (Å²) < 4.78 is 5.42. The number of aliphatic carboxylic acids is 1. The number of likely N-dealkylation sites (tertiary alicyclic amines) is 1. The molecule has 1 aliphatic heterocycles. The first kappa shape index (κ1) is 15.4. The highest BCUT2D eigenvalue weighted by molar-refractivity contribution is 5.83. The molecule has 3 N–H and O–H groups in total. The molecule has 1 unspecified atom stereocenters. The highest BCUT2D eigenvalue weighted by atomic mass is 16.4. The van der Waals surface area contributed by atoms with Gasteiger partial charge in [0.1, 0.15) is 17.6 Å². The third-order valence-corrected chi connectivity index (χ3v) is 3.71. The van der Waals surface area contributed by atoms with Crippen molar-refractivity contribution in [3.8, 4) is 0 Å². The van der Waals surface area contributed by atoms with E-state index in [0.717, 1.165) is 22.0 Å². The van der Waals surface area contributed by atoms with Crippen molar-refractivity contribution in [1.29, 1.82) is 0 Å². The Morgan fingerprint density at radius 3 is 2.67 bits per heavy atom. The van der Waals surface area contributed by atoms with Crippen LogP contribution in [0.5, 0.6) is 0 Å². The van der Waals surface area contributed by atoms with Gasteiger partial charge in [-0.25, -0.2) is 9.59 Å². The first-order chi connectivity index (χ1) is 9.79. The van der Waals surface area contributed by atoms with Crippen LogP contribution in [0.25, 0.3) is 0 Å². The number of urea groups is 1. The summed E-state index contributed by atoms with van der Waals surface area (Å²) in [6, 6.07) is 0.0552. The molecule has 21 heavy (non-hydrogen) atoms. The van der Waals surface area contributed by atoms with Gasteiger partial charge in [-0.2, -0.15) is 0 Å². The molecule has 0 bridgehead atoms. The summed E-state index contributed by atoms with van der Waals surface area (Å²) in [5.41, 5.74) is 0.854. The van der Waals surface area contributed by atoms with Gasteiger partial charge in [0, 0.05) is 18.5 Å². The van der Waals surface area contributed by atoms with E-state index < -0.39 is 24.1 Å². The second-order valence-electron chi connectivity index (χ2n) is 5.44. The average Bonchev–Trinajstić information content (AvgIpc) is 2.92. The number of carboxylic acids is 1. The Morgan fingerprint density at radius 1 is 1.48 bits per heavy atom. The van der Waals surface area contributed by atoms with Crippen molar-refractivity contribution in [3.05, 3.63) is 23.2 Å². The van der Waals surface area contributed by atoms with Crippen LogP contribution in [0.1, 0.15) is 36.5 Å². The number of nitrogens with one attached hydrogen (secondary N) is 1. The third kappa shape index (κ3) is 3.18. The highest BCUT2D eigenvalue weighted by Crippen LogP contribution is 2.23. The minimum Gasteiger partial charge on any atom is -0.480 e. The average molecular weight is 296 g/mol. The van der Waals surface area contributed by atoms with Crippen molar-refractivity contribution >= 4 is 12.0 Å². The molecule has 2 heterocycles. The van der Waals surface area contributed by atoms with Crippen LogP contribution in [0.2, 0.25) is 0 Å². The predicted molar refractivity (Wildman–Crippen MR) is 73.9 cm³/mol. The molecule has 2 amide bonds. The fourth-order valence-electron chi connectivity index (χ4n) is 2.70. The lowest BCUT2D eigenvalue weighted by molar-refractivity contribution is -0.141. The topological polar surface area (TPSA) is 103 Å². The fraction of sp³-hybridized carbons (Fsp3) is 0.571. The molecule has 116 valence electrons. The molecule has 7 heteroatoms. The molecule has 2 rings (SSSR count). The smallest absolute Gasteiger partial charge is 0.326 e. The number of aryl methyl sites for hydroxylation is 2. The lowest BCUT2D eigenvalue weighted by Gasteiger charge is -2.24. The van der Waals surface area contributed by atoms with Crippen molar-refractivity contribution in [2.45, 2.75) is 45.4 Å². The number of rotatable bonds is 3. The lowest BCUT2D eigenvalue weighted by atomic mass is 10.1. The van der Waals surface area contributed by atoms with E-state index in [1.165, 1.54) is 0 Å². The normalized spacial score (nSPS) is 23.1. The number of hydrogen-bond acceptors (Lipinski definition) is 4. The van der Waals surface area contributed by atoms with Gasteiger partial charge in [0.25, 0.3) is 0 Å². The molecule has 1 aliphatic rings. The van der Waals surface area contributed by atoms with Gasteiger partial charge >= 0.3 is 12.0 Å². The number of hydrogen-bond donors (Lipinski definition) is 3. The molecular weight excluding hydrogens is 276 g/mol. The quantitative estimate of drug-likeness (QED) is 0.777. The first-order valence-corrected chi connectivity index (χ1v) is 6.84. The van der Waals surface area contributed by atoms with Crippen molar-refractivity contribution in [2.24, 2.45) is 0 Å². The summed E-state index contributed by atoms with van der Waals surface area (Å²) in [5.74, 6) is 0.366. The summed E-state index contributed by atoms with van der Waals surface area (Å²) in [4.78, 5) is 24.5. The van der Waals surface area contributed by atoms with E-state index in [1.807, 2.05) is 19.9 Å². The number of carboxylic acid groups (broad SMARTS) is 1. The largest absolute Gasteiger partial charge is 0.480 e. The Labute approximate surface area is 122 Å². The second kappa shape index (κ2) is 5.77. The third-order valence-electron chi connectivity index (χ3n) is 3.71. The van der Waals surface area contributed by atoms with Gasteiger partial charge < -0.3 is 24.8 Å². The molecule has 1 aromatic heterocycles. The molecule has 3 atom stereocenters. The number of amides is 2. The van der Waals surface area contributed by atoms with Crippen molar-refractivity contribution in [2.75, 3.05) is 6.54 Å². The van der Waals surface area contributed by atoms with E-state index in [-0.39, 0.29) is 19.0 Å². The lowest BCUT2D eigenvalue weighted by Crippen LogP contribution is -2.46. The van der Waals surface area contributed by atoms with Crippen LogP contribution in [0.15, 0.2) is 10.5 Å². The summed E-state index contributed by atoms with van der Waals surface area (Å²) in [6.07, 6.45) is -0.744. The zero-order valence-electron chi connectivity index (χ0n) is 12.3. The SMILES string of the molecule is Cc1cc(C(C)NC(=O)N2C[C@@H](O)C[C@H]2C(=O)O)c(C)o1. The summed E-state index contributed by atoms with van der Waals surface area (Å²) in [7, 11) is 0. The molecule has 7 nitrogen and oxygen atoms in total. The maximum Gasteiger partial charge on any atom is 0.326 e. The zero-order chi connectivity index (χ0) is 15.7. The Balaban J connectivity index is 2.07. The van der Waals surface area contributed by atoms with E-state index in [9.17, 15) is 14.7 Å². The second-order valence-corrected chi connectivity index (χ2v) is 5.44. The summed E-state index contributed by atoms with van der Waals surface area (Å²) in [5, 5.41) is 21.4. The van der Waals surface area contributed by atoms with Crippen LogP contribution in [0.3, 0.4) is 0 Å². The summed E-state index contributed by atoms with van der Waals surface area (Å²) in [6.45, 7) is 5.46. The number of furan rings is 1. The fourth-order valence-corrected chi connectivity index (χ4v) is 2.70. The van der Waals surface area contributed by atoms with Gasteiger partial charge in [0.15, 0.2) is 0 Å². The number of nitrogens with zero attached hydrogens (tertiary/aromatic N) is 1. The number of aliphatic hydroxyl groups excluding tert-OH is 1. The number of aliphatic hydroxyl groups is 1. The molecule has 0 aromatic carbocycles. The molecule has 0 saturated carbocycles. The van der Waals surface area contributed by atoms with Gasteiger partial charge in [0.2, 0.25) is 0 Å². The number of β-amino-alcohol motifs (C(OH)–C–C–N with tert-alkyl or cyclic N) is 1. The highest BCUT2D eigenvalue weighted by Gasteiger charge is 2.39. The Kier molecular flexibility index (Phi) is 4.22. The maximum absolute atomic E-state index is 12.2. The van der Waals surface area contributed by atoms with Crippen LogP contribution in [-0.4, -0.2) is 45.8 Å². The molecule has 0 aliphatic carbocycles. The van der Waals surface area contributed by atoms with Crippen molar-refractivity contribution in [1.82, 2.24) is 10.2 Å². The monoisotopic (exact) mass is 296 g/mol. The Bertz CT molecular complexity index is 554. The van der Waals surface area contributed by atoms with Crippen molar-refractivity contribution < 1.29 is 24.2 Å². The van der Waals surface area contributed by atoms with Gasteiger partial charge in [-0.3, -0.25) is 0 Å². The van der Waals surface area contributed by atoms with Gasteiger partial charge in [-0.05, 0) is 26.8 Å². The number of carbonyl (C=O) groups is 2. The molecule has 0 radical (unpaired) electrons. The molecule has 1 fully saturated rings. The minimum absolute atomic E-state index is 0.0267. The van der Waals surface area contributed by atoms with E-state index >= 15 is 0 Å². The van der Waals surface area contributed by atoms with E-state index in [1.54, 1.807) is 6.92 Å². The maximum atomic E-state index is 12.2. The zero-order valence-corrected chi connectivity index (χ0v) is 12.3. The van der Waals surface area contributed by atoms with Gasteiger partial charge in [-0.1, -0.05) is 0 Å². The molecule has 1 aromatic rings. The van der Waals surface area contributed by atoms with Crippen LogP contribution in [0, 0.1) is 13.8 Å². The standard InChI is InChI=1S/C14H20N2O5/c1-7-4-11(9(3)21-7)8(2)15-14(20)16-6-10(17)5-12(16)13(18)19/h4,8,10,12,17H,5-6H2,1-3H3,(H,15,20)(H,18,19)/t8?,10-,12-/m0/s1. The Hall–Kier alpha value is -2.02. The molecule has 1 saturated heterocycles. The molecular formula is C14H20N2O5. The van der Waals surface area contributed by atoms with Crippen molar-refractivity contribution in [3.63, 3.8) is 0 Å². The predicted octanol–water partition coefficient (Wildman–Crippen LogP) is 1.19.